The zero-order chi connectivity index (χ0) is 21.5. The molecule has 30 heavy (non-hydrogen) atoms. The van der Waals surface area contributed by atoms with Crippen molar-refractivity contribution in [1.82, 2.24) is 9.88 Å². The zero-order valence-electron chi connectivity index (χ0n) is 16.9. The molecule has 1 N–H and O–H groups in total. The number of phenols is 1. The first-order valence-electron chi connectivity index (χ1n) is 9.99. The summed E-state index contributed by atoms with van der Waals surface area (Å²) in [7, 11) is 0. The molecule has 1 saturated heterocycles. The van der Waals surface area contributed by atoms with Crippen LogP contribution in [0.2, 0.25) is 0 Å². The Morgan fingerprint density at radius 3 is 2.67 bits per heavy atom. The second-order valence-corrected chi connectivity index (χ2v) is 8.84. The minimum atomic E-state index is -4.35. The Labute approximate surface area is 177 Å². The molecule has 4 rings (SSSR count). The highest BCUT2D eigenvalue weighted by Crippen LogP contribution is 2.36. The normalized spacial score (nSPS) is 18.3. The number of hydrogen-bond acceptors (Lipinski definition) is 5. The second-order valence-electron chi connectivity index (χ2n) is 7.83. The Morgan fingerprint density at radius 2 is 1.97 bits per heavy atom. The number of rotatable bonds is 4. The molecule has 0 bridgehead atoms. The molecule has 160 valence electrons. The van der Waals surface area contributed by atoms with Crippen molar-refractivity contribution in [2.75, 3.05) is 24.5 Å². The molecule has 1 aromatic heterocycles. The number of phenolic OH excluding ortho intramolecular Hbond substituents is 1. The van der Waals surface area contributed by atoms with E-state index in [4.69, 9.17) is 0 Å². The molecule has 4 nitrogen and oxygen atoms in total. The number of piperazine rings is 1. The van der Waals surface area contributed by atoms with E-state index in [0.717, 1.165) is 54.9 Å². The van der Waals surface area contributed by atoms with Crippen LogP contribution in [0.4, 0.5) is 18.3 Å². The lowest BCUT2D eigenvalue weighted by atomic mass is 10.1. The van der Waals surface area contributed by atoms with Crippen LogP contribution < -0.4 is 4.90 Å². The van der Waals surface area contributed by atoms with Crippen LogP contribution in [-0.4, -0.2) is 40.7 Å². The van der Waals surface area contributed by atoms with Gasteiger partial charge >= 0.3 is 6.18 Å². The van der Waals surface area contributed by atoms with Gasteiger partial charge in [-0.1, -0.05) is 24.3 Å². The quantitative estimate of drug-likeness (QED) is 0.593. The highest BCUT2D eigenvalue weighted by atomic mass is 32.1. The molecular weight excluding hydrogens is 411 g/mol. The maximum Gasteiger partial charge on any atom is 0.416 e. The predicted octanol–water partition coefficient (Wildman–Crippen LogP) is 5.43. The van der Waals surface area contributed by atoms with Crippen molar-refractivity contribution in [3.05, 3.63) is 53.1 Å². The first-order chi connectivity index (χ1) is 14.2. The van der Waals surface area contributed by atoms with Gasteiger partial charge in [0.2, 0.25) is 0 Å². The minimum absolute atomic E-state index is 0.282. The van der Waals surface area contributed by atoms with Gasteiger partial charge in [-0.15, -0.1) is 0 Å². The van der Waals surface area contributed by atoms with Gasteiger partial charge in [0.25, 0.3) is 0 Å². The van der Waals surface area contributed by atoms with E-state index < -0.39 is 11.7 Å². The lowest BCUT2D eigenvalue weighted by molar-refractivity contribution is -0.137. The summed E-state index contributed by atoms with van der Waals surface area (Å²) < 4.78 is 39.6. The van der Waals surface area contributed by atoms with Gasteiger partial charge in [-0.25, -0.2) is 4.98 Å². The van der Waals surface area contributed by atoms with Gasteiger partial charge in [-0.05, 0) is 54.8 Å². The van der Waals surface area contributed by atoms with E-state index in [1.807, 2.05) is 6.92 Å². The van der Waals surface area contributed by atoms with Crippen LogP contribution in [0.5, 0.6) is 5.75 Å². The molecule has 0 spiro atoms. The standard InChI is InChI=1S/C22H24F3N3OS/c1-3-17-13-28(7-6-27(17)12-15-8-14(2)9-18(29)10-15)21-26-19-5-4-16(22(23,24)25)11-20(19)30-21/h4-5,8-11,17,29H,3,6-7,12-13H2,1-2H3. The SMILES string of the molecule is CCC1CN(c2nc3ccc(C(F)(F)F)cc3s2)CCN1Cc1cc(C)cc(O)c1. The molecule has 1 atom stereocenters. The molecule has 1 unspecified atom stereocenters. The molecule has 0 radical (unpaired) electrons. The Bertz CT molecular complexity index is 1030. The minimum Gasteiger partial charge on any atom is -0.508 e. The molecule has 1 fully saturated rings. The monoisotopic (exact) mass is 435 g/mol. The van der Waals surface area contributed by atoms with Gasteiger partial charge in [0, 0.05) is 32.2 Å². The van der Waals surface area contributed by atoms with Gasteiger partial charge in [0.15, 0.2) is 5.13 Å². The predicted molar refractivity (Wildman–Crippen MR) is 114 cm³/mol. The highest BCUT2D eigenvalue weighted by molar-refractivity contribution is 7.22. The van der Waals surface area contributed by atoms with Crippen molar-refractivity contribution in [3.8, 4) is 5.75 Å². The third-order valence-corrected chi connectivity index (χ3v) is 6.64. The van der Waals surface area contributed by atoms with Crippen LogP contribution in [0.1, 0.15) is 30.0 Å². The Morgan fingerprint density at radius 1 is 1.17 bits per heavy atom. The summed E-state index contributed by atoms with van der Waals surface area (Å²) in [5, 5.41) is 10.6. The molecule has 3 aromatic rings. The molecule has 0 amide bonds. The van der Waals surface area contributed by atoms with Crippen molar-refractivity contribution in [2.24, 2.45) is 0 Å². The fourth-order valence-corrected chi connectivity index (χ4v) is 5.09. The van der Waals surface area contributed by atoms with Crippen molar-refractivity contribution < 1.29 is 18.3 Å². The smallest absolute Gasteiger partial charge is 0.416 e. The molecule has 2 aromatic carbocycles. The molecule has 0 saturated carbocycles. The third kappa shape index (κ3) is 4.39. The van der Waals surface area contributed by atoms with Gasteiger partial charge in [0.05, 0.1) is 15.8 Å². The van der Waals surface area contributed by atoms with Gasteiger partial charge in [-0.3, -0.25) is 4.90 Å². The molecule has 1 aliphatic heterocycles. The maximum absolute atomic E-state index is 13.0. The van der Waals surface area contributed by atoms with E-state index in [-0.39, 0.29) is 5.75 Å². The van der Waals surface area contributed by atoms with E-state index in [9.17, 15) is 18.3 Å². The number of aromatic nitrogens is 1. The fourth-order valence-electron chi connectivity index (χ4n) is 4.05. The lowest BCUT2D eigenvalue weighted by Crippen LogP contribution is -2.52. The number of hydrogen-bond donors (Lipinski definition) is 1. The third-order valence-electron chi connectivity index (χ3n) is 5.56. The number of fused-ring (bicyclic) bond motifs is 1. The van der Waals surface area contributed by atoms with Crippen molar-refractivity contribution >= 4 is 26.7 Å². The Kier molecular flexibility index (Phi) is 5.63. The van der Waals surface area contributed by atoms with Gasteiger partial charge in [-0.2, -0.15) is 13.2 Å². The first kappa shape index (κ1) is 20.9. The summed E-state index contributed by atoms with van der Waals surface area (Å²) in [5.74, 6) is 0.282. The number of halogens is 3. The molecular formula is C22H24F3N3OS. The summed E-state index contributed by atoms with van der Waals surface area (Å²) >= 11 is 1.32. The van der Waals surface area contributed by atoms with Crippen molar-refractivity contribution in [2.45, 2.75) is 39.0 Å². The molecule has 0 aliphatic carbocycles. The van der Waals surface area contributed by atoms with Crippen molar-refractivity contribution in [1.29, 1.82) is 0 Å². The van der Waals surface area contributed by atoms with Crippen LogP contribution in [0.25, 0.3) is 10.2 Å². The fraction of sp³-hybridized carbons (Fsp3) is 0.409. The van der Waals surface area contributed by atoms with E-state index >= 15 is 0 Å². The van der Waals surface area contributed by atoms with Crippen LogP contribution in [0, 0.1) is 6.92 Å². The van der Waals surface area contributed by atoms with E-state index in [0.29, 0.717) is 16.3 Å². The summed E-state index contributed by atoms with van der Waals surface area (Å²) in [6.07, 6.45) is -3.39. The number of anilines is 1. The molecule has 2 heterocycles. The topological polar surface area (TPSA) is 39.6 Å². The summed E-state index contributed by atoms with van der Waals surface area (Å²) in [4.78, 5) is 9.17. The average molecular weight is 436 g/mol. The zero-order valence-corrected chi connectivity index (χ0v) is 17.7. The average Bonchev–Trinajstić information content (AvgIpc) is 3.10. The van der Waals surface area contributed by atoms with Crippen LogP contribution in [0.15, 0.2) is 36.4 Å². The second kappa shape index (κ2) is 8.07. The summed E-state index contributed by atoms with van der Waals surface area (Å²) in [6.45, 7) is 7.24. The lowest BCUT2D eigenvalue weighted by Gasteiger charge is -2.41. The summed E-state index contributed by atoms with van der Waals surface area (Å²) in [6, 6.07) is 9.68. The number of benzene rings is 2. The summed E-state index contributed by atoms with van der Waals surface area (Å²) in [5.41, 5.74) is 2.08. The number of nitrogens with zero attached hydrogens (tertiary/aromatic N) is 3. The largest absolute Gasteiger partial charge is 0.508 e. The van der Waals surface area contributed by atoms with Crippen LogP contribution in [0.3, 0.4) is 0 Å². The number of aromatic hydroxyl groups is 1. The number of aryl methyl sites for hydroxylation is 1. The van der Waals surface area contributed by atoms with Crippen molar-refractivity contribution in [3.63, 3.8) is 0 Å². The van der Waals surface area contributed by atoms with E-state index in [2.05, 4.69) is 27.8 Å². The van der Waals surface area contributed by atoms with Gasteiger partial charge < -0.3 is 10.0 Å². The van der Waals surface area contributed by atoms with E-state index in [1.54, 1.807) is 12.1 Å². The number of alkyl halides is 3. The molecule has 1 aliphatic rings. The Hall–Kier alpha value is -2.32. The first-order valence-corrected chi connectivity index (χ1v) is 10.8. The highest BCUT2D eigenvalue weighted by Gasteiger charge is 2.31. The maximum atomic E-state index is 13.0. The van der Waals surface area contributed by atoms with Crippen LogP contribution in [-0.2, 0) is 12.7 Å². The molecule has 8 heteroatoms. The number of thiazole rings is 1. The van der Waals surface area contributed by atoms with Gasteiger partial charge in [0.1, 0.15) is 5.75 Å². The van der Waals surface area contributed by atoms with E-state index in [1.165, 1.54) is 23.5 Å². The Balaban J connectivity index is 1.51. The van der Waals surface area contributed by atoms with Crippen LogP contribution >= 0.6 is 11.3 Å².